The summed E-state index contributed by atoms with van der Waals surface area (Å²) in [5.41, 5.74) is 2.71. The minimum Gasteiger partial charge on any atom is -0.355 e. The molecule has 0 fully saturated rings. The highest BCUT2D eigenvalue weighted by Crippen LogP contribution is 2.33. The zero-order valence-corrected chi connectivity index (χ0v) is 8.84. The Labute approximate surface area is 85.6 Å². The van der Waals surface area contributed by atoms with E-state index in [0.29, 0.717) is 0 Å². The molecule has 13 heavy (non-hydrogen) atoms. The van der Waals surface area contributed by atoms with Gasteiger partial charge < -0.3 is 9.80 Å². The minimum atomic E-state index is 0. The van der Waals surface area contributed by atoms with Crippen molar-refractivity contribution in [1.82, 2.24) is 0 Å². The van der Waals surface area contributed by atoms with Crippen LogP contribution in [-0.4, -0.2) is 20.3 Å². The summed E-state index contributed by atoms with van der Waals surface area (Å²) < 4.78 is 0. The minimum absolute atomic E-state index is 0. The summed E-state index contributed by atoms with van der Waals surface area (Å²) in [6.07, 6.45) is 0. The molecule has 0 saturated carbocycles. The van der Waals surface area contributed by atoms with Crippen LogP contribution in [0.5, 0.6) is 0 Å². The summed E-state index contributed by atoms with van der Waals surface area (Å²) in [4.78, 5) is 4.65. The van der Waals surface area contributed by atoms with Crippen LogP contribution in [0.1, 0.15) is 6.92 Å². The Morgan fingerprint density at radius 2 is 1.85 bits per heavy atom. The first kappa shape index (κ1) is 10.2. The SMILES string of the molecule is CCN1CN(C)c2ccccc21.Cl. The second kappa shape index (κ2) is 3.88. The van der Waals surface area contributed by atoms with Crippen LogP contribution in [0.2, 0.25) is 0 Å². The average molecular weight is 199 g/mol. The fourth-order valence-corrected chi connectivity index (χ4v) is 1.73. The molecule has 1 aromatic rings. The quantitative estimate of drug-likeness (QED) is 0.684. The van der Waals surface area contributed by atoms with Crippen molar-refractivity contribution in [2.45, 2.75) is 6.92 Å². The second-order valence-electron chi connectivity index (χ2n) is 3.18. The first-order valence-electron chi connectivity index (χ1n) is 4.38. The van der Waals surface area contributed by atoms with Gasteiger partial charge in [0, 0.05) is 13.6 Å². The predicted octanol–water partition coefficient (Wildman–Crippen LogP) is 2.34. The smallest absolute Gasteiger partial charge is 0.0901 e. The third-order valence-corrected chi connectivity index (χ3v) is 2.40. The monoisotopic (exact) mass is 198 g/mol. The molecule has 0 bridgehead atoms. The molecule has 1 aromatic carbocycles. The molecule has 3 heteroatoms. The van der Waals surface area contributed by atoms with Gasteiger partial charge in [0.25, 0.3) is 0 Å². The van der Waals surface area contributed by atoms with Crippen LogP contribution in [-0.2, 0) is 0 Å². The number of para-hydroxylation sites is 2. The molecule has 1 aliphatic rings. The van der Waals surface area contributed by atoms with E-state index in [1.807, 2.05) is 0 Å². The van der Waals surface area contributed by atoms with Gasteiger partial charge in [-0.1, -0.05) is 12.1 Å². The number of fused-ring (bicyclic) bond motifs is 1. The molecule has 0 spiro atoms. The van der Waals surface area contributed by atoms with Gasteiger partial charge in [0.15, 0.2) is 0 Å². The van der Waals surface area contributed by atoms with Crippen LogP contribution < -0.4 is 9.80 Å². The van der Waals surface area contributed by atoms with Crippen molar-refractivity contribution in [2.24, 2.45) is 0 Å². The molecule has 0 unspecified atom stereocenters. The lowest BCUT2D eigenvalue weighted by Crippen LogP contribution is -2.27. The summed E-state index contributed by atoms with van der Waals surface area (Å²) in [6.45, 7) is 4.30. The van der Waals surface area contributed by atoms with Gasteiger partial charge in [-0.15, -0.1) is 12.4 Å². The van der Waals surface area contributed by atoms with E-state index >= 15 is 0 Å². The molecule has 2 rings (SSSR count). The largest absolute Gasteiger partial charge is 0.355 e. The van der Waals surface area contributed by atoms with Crippen LogP contribution in [0, 0.1) is 0 Å². The third-order valence-electron chi connectivity index (χ3n) is 2.40. The lowest BCUT2D eigenvalue weighted by molar-refractivity contribution is 0.844. The summed E-state index contributed by atoms with van der Waals surface area (Å²) in [7, 11) is 2.13. The first-order chi connectivity index (χ1) is 5.83. The Morgan fingerprint density at radius 3 is 2.46 bits per heavy atom. The van der Waals surface area contributed by atoms with E-state index in [9.17, 15) is 0 Å². The van der Waals surface area contributed by atoms with E-state index in [1.54, 1.807) is 0 Å². The highest BCUT2D eigenvalue weighted by molar-refractivity contribution is 5.85. The number of benzene rings is 1. The second-order valence-corrected chi connectivity index (χ2v) is 3.18. The fourth-order valence-electron chi connectivity index (χ4n) is 1.73. The molecule has 0 N–H and O–H groups in total. The predicted molar refractivity (Wildman–Crippen MR) is 60.0 cm³/mol. The molecule has 0 radical (unpaired) electrons. The summed E-state index contributed by atoms with van der Waals surface area (Å²) in [6, 6.07) is 8.54. The maximum absolute atomic E-state index is 2.37. The average Bonchev–Trinajstić information content (AvgIpc) is 2.44. The fraction of sp³-hybridized carbons (Fsp3) is 0.400. The van der Waals surface area contributed by atoms with Crippen LogP contribution in [0.3, 0.4) is 0 Å². The molecule has 0 atom stereocenters. The lowest BCUT2D eigenvalue weighted by atomic mass is 10.2. The van der Waals surface area contributed by atoms with Crippen molar-refractivity contribution < 1.29 is 0 Å². The molecular weight excluding hydrogens is 184 g/mol. The molecular formula is C10H15ClN2. The van der Waals surface area contributed by atoms with Crippen molar-refractivity contribution in [3.8, 4) is 0 Å². The Balaban J connectivity index is 0.000000845. The number of hydrogen-bond donors (Lipinski definition) is 0. The Bertz CT molecular complexity index is 288. The molecule has 0 amide bonds. The van der Waals surface area contributed by atoms with Gasteiger partial charge in [-0.2, -0.15) is 0 Å². The molecule has 0 saturated heterocycles. The highest BCUT2D eigenvalue weighted by Gasteiger charge is 2.20. The molecule has 0 aromatic heterocycles. The first-order valence-corrected chi connectivity index (χ1v) is 4.38. The summed E-state index contributed by atoms with van der Waals surface area (Å²) in [5.74, 6) is 0. The van der Waals surface area contributed by atoms with Crippen LogP contribution in [0.15, 0.2) is 24.3 Å². The Morgan fingerprint density at radius 1 is 1.23 bits per heavy atom. The molecule has 0 aliphatic carbocycles. The van der Waals surface area contributed by atoms with Crippen LogP contribution in [0.25, 0.3) is 0 Å². The number of rotatable bonds is 1. The number of nitrogens with zero attached hydrogens (tertiary/aromatic N) is 2. The van der Waals surface area contributed by atoms with E-state index in [0.717, 1.165) is 13.2 Å². The molecule has 2 nitrogen and oxygen atoms in total. The Hall–Kier alpha value is -0.890. The Kier molecular flexibility index (Phi) is 3.04. The lowest BCUT2D eigenvalue weighted by Gasteiger charge is -2.16. The van der Waals surface area contributed by atoms with Crippen molar-refractivity contribution in [1.29, 1.82) is 0 Å². The van der Waals surface area contributed by atoms with Crippen LogP contribution in [0.4, 0.5) is 11.4 Å². The van der Waals surface area contributed by atoms with Crippen molar-refractivity contribution in [3.63, 3.8) is 0 Å². The van der Waals surface area contributed by atoms with Gasteiger partial charge in [-0.25, -0.2) is 0 Å². The van der Waals surface area contributed by atoms with Crippen molar-refractivity contribution in [3.05, 3.63) is 24.3 Å². The zero-order chi connectivity index (χ0) is 8.55. The van der Waals surface area contributed by atoms with Crippen molar-refractivity contribution in [2.75, 3.05) is 30.1 Å². The van der Waals surface area contributed by atoms with Gasteiger partial charge in [0.1, 0.15) is 0 Å². The van der Waals surface area contributed by atoms with Gasteiger partial charge in [-0.05, 0) is 19.1 Å². The highest BCUT2D eigenvalue weighted by atomic mass is 35.5. The molecule has 72 valence electrons. The number of halogens is 1. The summed E-state index contributed by atoms with van der Waals surface area (Å²) in [5, 5.41) is 0. The maximum Gasteiger partial charge on any atom is 0.0901 e. The van der Waals surface area contributed by atoms with E-state index in [2.05, 4.69) is 48.0 Å². The van der Waals surface area contributed by atoms with E-state index < -0.39 is 0 Å². The standard InChI is InChI=1S/C10H14N2.ClH/c1-3-12-8-11(2)9-6-4-5-7-10(9)12;/h4-7H,3,8H2,1-2H3;1H. The van der Waals surface area contributed by atoms with Gasteiger partial charge >= 0.3 is 0 Å². The third kappa shape index (κ3) is 1.59. The van der Waals surface area contributed by atoms with E-state index in [4.69, 9.17) is 0 Å². The van der Waals surface area contributed by atoms with Crippen LogP contribution >= 0.6 is 12.4 Å². The van der Waals surface area contributed by atoms with Crippen molar-refractivity contribution >= 4 is 23.8 Å². The number of hydrogen-bond acceptors (Lipinski definition) is 2. The number of anilines is 2. The van der Waals surface area contributed by atoms with E-state index in [1.165, 1.54) is 11.4 Å². The normalized spacial score (nSPS) is 14.0. The zero-order valence-electron chi connectivity index (χ0n) is 8.03. The topological polar surface area (TPSA) is 6.48 Å². The molecule has 1 heterocycles. The maximum atomic E-state index is 2.37. The van der Waals surface area contributed by atoms with Gasteiger partial charge in [0.2, 0.25) is 0 Å². The molecule has 1 aliphatic heterocycles. The summed E-state index contributed by atoms with van der Waals surface area (Å²) >= 11 is 0. The van der Waals surface area contributed by atoms with E-state index in [-0.39, 0.29) is 12.4 Å². The van der Waals surface area contributed by atoms with Gasteiger partial charge in [-0.3, -0.25) is 0 Å². The van der Waals surface area contributed by atoms with Gasteiger partial charge in [0.05, 0.1) is 18.0 Å².